The molecule has 0 bridgehead atoms. The molecule has 2 aliphatic heterocycles. The summed E-state index contributed by atoms with van der Waals surface area (Å²) >= 11 is 3.79. The molecule has 2 atom stereocenters. The van der Waals surface area contributed by atoms with Crippen LogP contribution in [0.2, 0.25) is 0 Å². The summed E-state index contributed by atoms with van der Waals surface area (Å²) in [7, 11) is 0. The van der Waals surface area contributed by atoms with E-state index in [1.807, 2.05) is 35.8 Å². The Hall–Kier alpha value is -1.52. The van der Waals surface area contributed by atoms with E-state index in [-0.39, 0.29) is 0 Å². The van der Waals surface area contributed by atoms with Gasteiger partial charge in [0.1, 0.15) is 0 Å². The van der Waals surface area contributed by atoms with Crippen LogP contribution < -0.4 is 0 Å². The predicted molar refractivity (Wildman–Crippen MR) is 96.3 cm³/mol. The predicted octanol–water partition coefficient (Wildman–Crippen LogP) is 4.58. The van der Waals surface area contributed by atoms with Gasteiger partial charge in [0.05, 0.1) is 18.4 Å². The maximum absolute atomic E-state index is 4.61. The third-order valence-corrected chi connectivity index (χ3v) is 6.38. The fraction of sp³-hybridized carbons (Fsp3) is 0.222. The van der Waals surface area contributed by atoms with Gasteiger partial charge in [0, 0.05) is 38.5 Å². The molecule has 1 radical (unpaired) electrons. The molecule has 0 saturated carbocycles. The third kappa shape index (κ3) is 2.85. The van der Waals surface area contributed by atoms with Crippen molar-refractivity contribution in [2.45, 2.75) is 15.0 Å². The van der Waals surface area contributed by atoms with Gasteiger partial charge >= 0.3 is 0 Å². The normalized spacial score (nSPS) is 23.3. The number of rotatable bonds is 1. The highest BCUT2D eigenvalue weighted by molar-refractivity contribution is 8.00. The summed E-state index contributed by atoms with van der Waals surface area (Å²) in [5, 5.41) is 0.394. The molecule has 0 aliphatic carbocycles. The van der Waals surface area contributed by atoms with Crippen LogP contribution in [0.15, 0.2) is 68.3 Å². The summed E-state index contributed by atoms with van der Waals surface area (Å²) in [5.41, 5.74) is 2.26. The van der Waals surface area contributed by atoms with Crippen LogP contribution in [-0.2, 0) is 0 Å². The van der Waals surface area contributed by atoms with E-state index in [1.54, 1.807) is 0 Å². The lowest BCUT2D eigenvalue weighted by atomic mass is 10.1. The molecular formula is C18H15N2S2. The Bertz CT molecular complexity index is 739. The van der Waals surface area contributed by atoms with Gasteiger partial charge in [-0.25, -0.2) is 4.99 Å². The van der Waals surface area contributed by atoms with Crippen molar-refractivity contribution in [3.05, 3.63) is 54.1 Å². The van der Waals surface area contributed by atoms with Gasteiger partial charge in [0.25, 0.3) is 0 Å². The number of benzene rings is 2. The zero-order chi connectivity index (χ0) is 14.8. The lowest BCUT2D eigenvalue weighted by Gasteiger charge is -2.19. The van der Waals surface area contributed by atoms with Crippen molar-refractivity contribution in [3.8, 4) is 0 Å². The van der Waals surface area contributed by atoms with Gasteiger partial charge in [-0.1, -0.05) is 30.3 Å². The van der Waals surface area contributed by atoms with E-state index in [9.17, 15) is 0 Å². The topological polar surface area (TPSA) is 24.7 Å². The Morgan fingerprint density at radius 3 is 2.77 bits per heavy atom. The molecule has 22 heavy (non-hydrogen) atoms. The molecule has 0 spiro atoms. The molecule has 0 aromatic heterocycles. The minimum Gasteiger partial charge on any atom is -0.291 e. The average Bonchev–Trinajstić information content (AvgIpc) is 2.90. The highest BCUT2D eigenvalue weighted by Gasteiger charge is 2.26. The van der Waals surface area contributed by atoms with Crippen molar-refractivity contribution in [3.63, 3.8) is 0 Å². The van der Waals surface area contributed by atoms with Crippen molar-refractivity contribution in [2.24, 2.45) is 15.9 Å². The minimum absolute atomic E-state index is 0.311. The summed E-state index contributed by atoms with van der Waals surface area (Å²) in [6.07, 6.45) is 5.37. The van der Waals surface area contributed by atoms with Crippen molar-refractivity contribution in [2.75, 3.05) is 12.3 Å². The molecular weight excluding hydrogens is 308 g/mol. The van der Waals surface area contributed by atoms with Gasteiger partial charge in [0.15, 0.2) is 0 Å². The van der Waals surface area contributed by atoms with E-state index >= 15 is 0 Å². The van der Waals surface area contributed by atoms with Crippen LogP contribution in [0.25, 0.3) is 0 Å². The van der Waals surface area contributed by atoms with Crippen LogP contribution >= 0.6 is 23.5 Å². The van der Waals surface area contributed by atoms with Crippen molar-refractivity contribution < 1.29 is 0 Å². The fourth-order valence-electron chi connectivity index (χ4n) is 2.59. The van der Waals surface area contributed by atoms with Crippen molar-refractivity contribution in [1.29, 1.82) is 0 Å². The van der Waals surface area contributed by atoms with Crippen LogP contribution in [0.1, 0.15) is 5.56 Å². The SMILES string of the molecule is [C]1=Nc2ccccc2SCC1C1CN=Cc2ccccc2S1. The van der Waals surface area contributed by atoms with Crippen LogP contribution in [0.5, 0.6) is 0 Å². The summed E-state index contributed by atoms with van der Waals surface area (Å²) in [6.45, 7) is 0.823. The first-order valence-corrected chi connectivity index (χ1v) is 9.20. The van der Waals surface area contributed by atoms with E-state index in [0.717, 1.165) is 18.0 Å². The lowest BCUT2D eigenvalue weighted by Crippen LogP contribution is -2.23. The Balaban J connectivity index is 1.58. The van der Waals surface area contributed by atoms with Gasteiger partial charge < -0.3 is 0 Å². The number of para-hydroxylation sites is 1. The van der Waals surface area contributed by atoms with Crippen LogP contribution in [0.3, 0.4) is 0 Å². The van der Waals surface area contributed by atoms with Crippen molar-refractivity contribution >= 4 is 41.6 Å². The molecule has 2 aromatic rings. The molecule has 2 aliphatic rings. The molecule has 109 valence electrons. The quantitative estimate of drug-likeness (QED) is 0.767. The van der Waals surface area contributed by atoms with Crippen LogP contribution in [0, 0.1) is 5.92 Å². The minimum atomic E-state index is 0.311. The molecule has 0 saturated heterocycles. The zero-order valence-electron chi connectivity index (χ0n) is 12.0. The summed E-state index contributed by atoms with van der Waals surface area (Å²) < 4.78 is 0. The second-order valence-corrected chi connectivity index (χ2v) is 7.66. The van der Waals surface area contributed by atoms with Gasteiger partial charge in [-0.2, -0.15) is 0 Å². The molecule has 0 amide bonds. The number of hydrogen-bond donors (Lipinski definition) is 0. The monoisotopic (exact) mass is 323 g/mol. The number of hydrogen-bond acceptors (Lipinski definition) is 4. The smallest absolute Gasteiger partial charge is 0.0769 e. The molecule has 2 nitrogen and oxygen atoms in total. The van der Waals surface area contributed by atoms with E-state index in [4.69, 9.17) is 0 Å². The van der Waals surface area contributed by atoms with Gasteiger partial charge in [-0.15, -0.1) is 23.5 Å². The molecule has 2 heterocycles. The molecule has 4 rings (SSSR count). The standard InChI is InChI=1S/C18H15N2S2/c1-3-7-16-13(5-1)9-19-11-18(22-16)14-10-20-15-6-2-4-8-17(15)21-12-14/h1-9,14,18H,11-12H2. The highest BCUT2D eigenvalue weighted by Crippen LogP contribution is 2.38. The van der Waals surface area contributed by atoms with Gasteiger partial charge in [-0.05, 0) is 18.2 Å². The zero-order valence-corrected chi connectivity index (χ0v) is 13.6. The van der Waals surface area contributed by atoms with Gasteiger partial charge in [-0.3, -0.25) is 4.99 Å². The van der Waals surface area contributed by atoms with Crippen molar-refractivity contribution in [1.82, 2.24) is 0 Å². The first kappa shape index (κ1) is 14.1. The van der Waals surface area contributed by atoms with Gasteiger partial charge in [0.2, 0.25) is 0 Å². The first-order chi connectivity index (χ1) is 10.9. The summed E-state index contributed by atoms with van der Waals surface area (Å²) in [5.74, 6) is 1.32. The Morgan fingerprint density at radius 1 is 1.00 bits per heavy atom. The first-order valence-electron chi connectivity index (χ1n) is 7.34. The third-order valence-electron chi connectivity index (χ3n) is 3.80. The van der Waals surface area contributed by atoms with Crippen LogP contribution in [-0.4, -0.2) is 30.0 Å². The average molecular weight is 323 g/mol. The highest BCUT2D eigenvalue weighted by atomic mass is 32.2. The maximum atomic E-state index is 4.61. The maximum Gasteiger partial charge on any atom is 0.0769 e. The number of thioether (sulfide) groups is 2. The Kier molecular flexibility index (Phi) is 4.04. The number of fused-ring (bicyclic) bond motifs is 2. The molecule has 2 unspecified atom stereocenters. The Labute approximate surface area is 139 Å². The number of aliphatic imine (C=N–C) groups is 2. The van der Waals surface area contributed by atoms with E-state index in [2.05, 4.69) is 58.7 Å². The van der Waals surface area contributed by atoms with E-state index in [0.29, 0.717) is 11.2 Å². The lowest BCUT2D eigenvalue weighted by molar-refractivity contribution is 0.739. The van der Waals surface area contributed by atoms with E-state index in [1.165, 1.54) is 15.4 Å². The summed E-state index contributed by atoms with van der Waals surface area (Å²) in [6, 6.07) is 16.8. The molecule has 4 heteroatoms. The van der Waals surface area contributed by atoms with Crippen LogP contribution in [0.4, 0.5) is 5.69 Å². The summed E-state index contributed by atoms with van der Waals surface area (Å²) in [4.78, 5) is 11.8. The second kappa shape index (κ2) is 6.31. The molecule has 0 N–H and O–H groups in total. The number of nitrogens with zero attached hydrogens (tertiary/aromatic N) is 2. The fourth-order valence-corrected chi connectivity index (χ4v) is 5.04. The Morgan fingerprint density at radius 2 is 1.82 bits per heavy atom. The second-order valence-electron chi connectivity index (χ2n) is 5.31. The molecule has 2 aromatic carbocycles. The molecule has 0 fully saturated rings. The van der Waals surface area contributed by atoms with E-state index < -0.39 is 0 Å². The largest absolute Gasteiger partial charge is 0.291 e.